The molecular formula is C58H62N2O12S2. The zero-order valence-electron chi connectivity index (χ0n) is 42.5. The molecule has 4 aliphatic rings. The van der Waals surface area contributed by atoms with E-state index in [0.717, 1.165) is 102 Å². The van der Waals surface area contributed by atoms with Crippen molar-refractivity contribution in [3.05, 3.63) is 153 Å². The molecule has 10 rings (SSSR count). The molecule has 0 radical (unpaired) electrons. The summed E-state index contributed by atoms with van der Waals surface area (Å²) in [7, 11) is -5.97. The monoisotopic (exact) mass is 1040 g/mol. The Hall–Kier alpha value is -6.78. The molecule has 0 saturated heterocycles. The van der Waals surface area contributed by atoms with E-state index in [2.05, 4.69) is 34.2 Å². The summed E-state index contributed by atoms with van der Waals surface area (Å²) in [6.45, 7) is 9.65. The summed E-state index contributed by atoms with van der Waals surface area (Å²) in [6.07, 6.45) is 8.52. The fraction of sp³-hybridized carbons (Fsp3) is 0.379. The summed E-state index contributed by atoms with van der Waals surface area (Å²) >= 11 is 0. The molecule has 0 bridgehead atoms. The summed E-state index contributed by atoms with van der Waals surface area (Å²) in [6, 6.07) is 28.3. The number of carbonyl (C=O) groups is 2. The Morgan fingerprint density at radius 2 is 0.932 bits per heavy atom. The molecule has 0 aliphatic heterocycles. The molecule has 2 aromatic heterocycles. The third-order valence-electron chi connectivity index (χ3n) is 14.6. The topological polar surface area (TPSA) is 206 Å². The van der Waals surface area contributed by atoms with Crippen molar-refractivity contribution < 1.29 is 55.6 Å². The smallest absolute Gasteiger partial charge is 0.307 e. The number of pyridine rings is 2. The van der Waals surface area contributed by atoms with Gasteiger partial charge in [0.25, 0.3) is 0 Å². The van der Waals surface area contributed by atoms with Gasteiger partial charge in [-0.2, -0.15) is 0 Å². The molecule has 0 spiro atoms. The Balaban J connectivity index is 0.000000182. The molecule has 16 heteroatoms. The number of aliphatic carboxylic acids is 2. The second-order valence-corrected chi connectivity index (χ2v) is 25.0. The third kappa shape index (κ3) is 12.1. The van der Waals surface area contributed by atoms with Gasteiger partial charge in [0.1, 0.15) is 44.4 Å². The van der Waals surface area contributed by atoms with E-state index in [1.165, 1.54) is 12.5 Å². The van der Waals surface area contributed by atoms with Crippen molar-refractivity contribution in [1.82, 2.24) is 9.97 Å². The first-order chi connectivity index (χ1) is 35.2. The zero-order chi connectivity index (χ0) is 52.6. The number of carboxylic acids is 2. The maximum Gasteiger partial charge on any atom is 0.307 e. The number of sulfone groups is 2. The van der Waals surface area contributed by atoms with Crippen molar-refractivity contribution >= 4 is 31.6 Å². The van der Waals surface area contributed by atoms with Gasteiger partial charge >= 0.3 is 11.9 Å². The third-order valence-corrected chi connectivity index (χ3v) is 16.7. The quantitative estimate of drug-likeness (QED) is 0.0684. The van der Waals surface area contributed by atoms with E-state index in [-0.39, 0.29) is 47.0 Å². The molecule has 6 aromatic rings. The van der Waals surface area contributed by atoms with E-state index in [9.17, 15) is 36.6 Å². The van der Waals surface area contributed by atoms with Crippen molar-refractivity contribution in [2.45, 2.75) is 78.4 Å². The Bertz CT molecular complexity index is 3110. The fourth-order valence-corrected chi connectivity index (χ4v) is 12.5. The Kier molecular flexibility index (Phi) is 14.9. The highest BCUT2D eigenvalue weighted by atomic mass is 32.2. The highest BCUT2D eigenvalue weighted by molar-refractivity contribution is 7.90. The van der Waals surface area contributed by atoms with Crippen molar-refractivity contribution in [3.8, 4) is 45.5 Å². The number of aromatic nitrogens is 2. The summed E-state index contributed by atoms with van der Waals surface area (Å²) in [5, 5.41) is 18.6. The van der Waals surface area contributed by atoms with Gasteiger partial charge in [-0.3, -0.25) is 9.59 Å². The lowest BCUT2D eigenvalue weighted by molar-refractivity contribution is -0.140. The number of nitrogens with zero attached hydrogens (tertiary/aromatic N) is 2. The number of aryl methyl sites for hydroxylation is 4. The first-order valence-corrected chi connectivity index (χ1v) is 29.0. The van der Waals surface area contributed by atoms with Crippen LogP contribution in [-0.4, -0.2) is 86.2 Å². The second kappa shape index (κ2) is 21.2. The largest absolute Gasteiger partial charge is 0.494 e. The molecule has 4 aromatic carbocycles. The maximum absolute atomic E-state index is 11.3. The van der Waals surface area contributed by atoms with Gasteiger partial charge in [0, 0.05) is 48.9 Å². The van der Waals surface area contributed by atoms with E-state index >= 15 is 0 Å². The Morgan fingerprint density at radius 1 is 0.554 bits per heavy atom. The molecule has 74 heavy (non-hydrogen) atoms. The van der Waals surface area contributed by atoms with Crippen LogP contribution in [0.1, 0.15) is 80.3 Å². The molecular weight excluding hydrogens is 981 g/mol. The van der Waals surface area contributed by atoms with Gasteiger partial charge in [-0.15, -0.1) is 0 Å². The minimum absolute atomic E-state index is 0.112. The standard InChI is InChI=1S/2C29H31NO6S/c2*1-17-10-22(35-8-5-9-37(3,33)34)11-18(2)26(17)20-7-4-6-19(12-20)16-36-25-14-21-13-23-27(24(21)15-30-25)28(23)29(31)32/h2*4,6-7,10-12,14-15,23,27-28H,5,8-9,13,16H2,1-3H3,(H,31,32)/t2*23-,27-,28+/m10/s1. The number of hydrogen-bond acceptors (Lipinski definition) is 12. The number of hydrogen-bond donors (Lipinski definition) is 2. The van der Waals surface area contributed by atoms with Crippen LogP contribution in [0.4, 0.5) is 0 Å². The number of carboxylic acid groups (broad SMARTS) is 2. The van der Waals surface area contributed by atoms with Crippen molar-refractivity contribution in [2.75, 3.05) is 37.2 Å². The van der Waals surface area contributed by atoms with Crippen molar-refractivity contribution in [3.63, 3.8) is 0 Å². The first-order valence-electron chi connectivity index (χ1n) is 24.9. The fourth-order valence-electron chi connectivity index (χ4n) is 11.3. The minimum Gasteiger partial charge on any atom is -0.494 e. The molecule has 0 unspecified atom stereocenters. The van der Waals surface area contributed by atoms with Gasteiger partial charge < -0.3 is 29.2 Å². The lowest BCUT2D eigenvalue weighted by Gasteiger charge is -2.15. The van der Waals surface area contributed by atoms with E-state index in [4.69, 9.17) is 18.9 Å². The van der Waals surface area contributed by atoms with Crippen LogP contribution in [0.2, 0.25) is 0 Å². The predicted octanol–water partition coefficient (Wildman–Crippen LogP) is 9.46. The summed E-state index contributed by atoms with van der Waals surface area (Å²) in [5.74, 6) is 1.53. The maximum atomic E-state index is 11.3. The van der Waals surface area contributed by atoms with Gasteiger partial charge in [-0.05, 0) is 180 Å². The lowest BCUT2D eigenvalue weighted by Crippen LogP contribution is -2.08. The van der Waals surface area contributed by atoms with E-state index in [1.807, 2.05) is 88.4 Å². The predicted molar refractivity (Wildman–Crippen MR) is 282 cm³/mol. The average molecular weight is 1040 g/mol. The number of ether oxygens (including phenoxy) is 4. The van der Waals surface area contributed by atoms with Crippen LogP contribution in [-0.2, 0) is 55.3 Å². The Labute approximate surface area is 433 Å². The summed E-state index contributed by atoms with van der Waals surface area (Å²) in [4.78, 5) is 31.5. The van der Waals surface area contributed by atoms with Crippen molar-refractivity contribution in [1.29, 1.82) is 0 Å². The highest BCUT2D eigenvalue weighted by Crippen LogP contribution is 2.62. The van der Waals surface area contributed by atoms with Gasteiger partial charge in [0.05, 0.1) is 36.6 Å². The van der Waals surface area contributed by atoms with E-state index in [0.29, 0.717) is 51.0 Å². The van der Waals surface area contributed by atoms with Gasteiger partial charge in [0.15, 0.2) is 0 Å². The second-order valence-electron chi connectivity index (χ2n) is 20.5. The van der Waals surface area contributed by atoms with Crippen LogP contribution in [0, 0.1) is 51.4 Å². The zero-order valence-corrected chi connectivity index (χ0v) is 44.1. The van der Waals surface area contributed by atoms with E-state index < -0.39 is 31.6 Å². The molecule has 0 amide bonds. The molecule has 14 nitrogen and oxygen atoms in total. The molecule has 2 saturated carbocycles. The van der Waals surface area contributed by atoms with Gasteiger partial charge in [-0.25, -0.2) is 26.8 Å². The van der Waals surface area contributed by atoms with E-state index in [1.54, 1.807) is 12.4 Å². The molecule has 2 heterocycles. The van der Waals surface area contributed by atoms with Crippen LogP contribution >= 0.6 is 0 Å². The molecule has 6 atom stereocenters. The molecule has 388 valence electrons. The van der Waals surface area contributed by atoms with Crippen LogP contribution in [0.25, 0.3) is 22.3 Å². The number of fused-ring (bicyclic) bond motifs is 6. The van der Waals surface area contributed by atoms with Crippen LogP contribution in [0.15, 0.2) is 97.3 Å². The lowest BCUT2D eigenvalue weighted by atomic mass is 9.94. The van der Waals surface area contributed by atoms with Crippen LogP contribution in [0.3, 0.4) is 0 Å². The SMILES string of the molecule is Cc1cc(OCCCS(C)(=O)=O)cc(C)c1-c1cccc(COc2cc3c(cn2)[C@@H]2[C@H](C3)[C@H]2C(=O)O)c1.Cc1cc(OCCCS(C)(=O)=O)cc(C)c1-c1cccc(COc2cc3c(cn2)[C@H]2[C@@H](C3)[C@@H]2C(=O)O)c1. The van der Waals surface area contributed by atoms with Crippen LogP contribution < -0.4 is 18.9 Å². The average Bonchev–Trinajstić information content (AvgIpc) is 4.15. The molecule has 4 aliphatic carbocycles. The van der Waals surface area contributed by atoms with Gasteiger partial charge in [-0.1, -0.05) is 36.4 Å². The first kappa shape index (κ1) is 52.1. The number of rotatable bonds is 20. The van der Waals surface area contributed by atoms with Crippen LogP contribution in [0.5, 0.6) is 23.3 Å². The summed E-state index contributed by atoms with van der Waals surface area (Å²) in [5.41, 5.74) is 15.2. The van der Waals surface area contributed by atoms with Gasteiger partial charge in [0.2, 0.25) is 11.8 Å². The minimum atomic E-state index is -2.99. The summed E-state index contributed by atoms with van der Waals surface area (Å²) < 4.78 is 68.8. The highest BCUT2D eigenvalue weighted by Gasteiger charge is 2.60. The number of benzene rings is 4. The molecule has 2 N–H and O–H groups in total. The Morgan fingerprint density at radius 3 is 1.28 bits per heavy atom. The normalized spacial score (nSPS) is 19.7. The molecule has 2 fully saturated rings. The van der Waals surface area contributed by atoms with Crippen molar-refractivity contribution in [2.24, 2.45) is 23.7 Å².